The first-order chi connectivity index (χ1) is 7.43. The highest BCUT2D eigenvalue weighted by molar-refractivity contribution is 5.96. The molecule has 1 rings (SSSR count). The Morgan fingerprint density at radius 1 is 1.50 bits per heavy atom. The summed E-state index contributed by atoms with van der Waals surface area (Å²) in [5.74, 6) is -0.440. The number of benzene rings is 1. The second-order valence-electron chi connectivity index (χ2n) is 3.60. The SMILES string of the molecule is Cc1c(N)cccc1C(=O)N(C)CC(F)F. The minimum atomic E-state index is -2.53. The van der Waals surface area contributed by atoms with Crippen LogP contribution in [0.2, 0.25) is 0 Å². The van der Waals surface area contributed by atoms with Gasteiger partial charge in [-0.1, -0.05) is 6.07 Å². The van der Waals surface area contributed by atoms with Crippen LogP contribution in [0.15, 0.2) is 18.2 Å². The first-order valence-electron chi connectivity index (χ1n) is 4.82. The van der Waals surface area contributed by atoms with Crippen LogP contribution in [0.5, 0.6) is 0 Å². The number of carbonyl (C=O) groups is 1. The lowest BCUT2D eigenvalue weighted by Crippen LogP contribution is -2.31. The molecule has 0 unspecified atom stereocenters. The average molecular weight is 228 g/mol. The molecule has 0 atom stereocenters. The molecule has 0 aliphatic carbocycles. The Morgan fingerprint density at radius 3 is 2.69 bits per heavy atom. The van der Waals surface area contributed by atoms with E-state index in [0.29, 0.717) is 16.8 Å². The number of halogens is 2. The summed E-state index contributed by atoms with van der Waals surface area (Å²) in [6, 6.07) is 4.88. The molecule has 0 radical (unpaired) electrons. The predicted molar refractivity (Wildman–Crippen MR) is 58.6 cm³/mol. The van der Waals surface area contributed by atoms with Crippen molar-refractivity contribution in [1.82, 2.24) is 4.90 Å². The van der Waals surface area contributed by atoms with Gasteiger partial charge in [0.1, 0.15) is 0 Å². The molecule has 0 saturated carbocycles. The molecule has 0 saturated heterocycles. The van der Waals surface area contributed by atoms with Gasteiger partial charge in [0.25, 0.3) is 12.3 Å². The summed E-state index contributed by atoms with van der Waals surface area (Å²) in [4.78, 5) is 12.8. The van der Waals surface area contributed by atoms with Crippen LogP contribution in [0.3, 0.4) is 0 Å². The normalized spacial score (nSPS) is 10.6. The molecule has 0 aliphatic heterocycles. The molecular weight excluding hydrogens is 214 g/mol. The Hall–Kier alpha value is -1.65. The average Bonchev–Trinajstić information content (AvgIpc) is 2.20. The third-order valence-corrected chi connectivity index (χ3v) is 2.36. The molecule has 0 aromatic heterocycles. The van der Waals surface area contributed by atoms with Gasteiger partial charge in [-0.05, 0) is 24.6 Å². The van der Waals surface area contributed by atoms with Gasteiger partial charge in [0.05, 0.1) is 6.54 Å². The van der Waals surface area contributed by atoms with Crippen LogP contribution in [0.1, 0.15) is 15.9 Å². The summed E-state index contributed by atoms with van der Waals surface area (Å²) < 4.78 is 24.2. The van der Waals surface area contributed by atoms with Gasteiger partial charge in [-0.15, -0.1) is 0 Å². The van der Waals surface area contributed by atoms with Crippen molar-refractivity contribution in [3.63, 3.8) is 0 Å². The quantitative estimate of drug-likeness (QED) is 0.803. The number of carbonyl (C=O) groups excluding carboxylic acids is 1. The number of hydrogen-bond donors (Lipinski definition) is 1. The fourth-order valence-electron chi connectivity index (χ4n) is 1.38. The molecule has 88 valence electrons. The van der Waals surface area contributed by atoms with E-state index in [1.54, 1.807) is 25.1 Å². The Labute approximate surface area is 92.8 Å². The van der Waals surface area contributed by atoms with Crippen LogP contribution in [-0.4, -0.2) is 30.8 Å². The van der Waals surface area contributed by atoms with E-state index in [1.165, 1.54) is 7.05 Å². The van der Waals surface area contributed by atoms with Gasteiger partial charge in [-0.3, -0.25) is 4.79 Å². The zero-order valence-electron chi connectivity index (χ0n) is 9.21. The second kappa shape index (κ2) is 4.92. The highest BCUT2D eigenvalue weighted by Crippen LogP contribution is 2.17. The van der Waals surface area contributed by atoms with Crippen molar-refractivity contribution < 1.29 is 13.6 Å². The van der Waals surface area contributed by atoms with Crippen molar-refractivity contribution in [3.8, 4) is 0 Å². The van der Waals surface area contributed by atoms with Crippen LogP contribution >= 0.6 is 0 Å². The maximum atomic E-state index is 12.1. The highest BCUT2D eigenvalue weighted by atomic mass is 19.3. The Morgan fingerprint density at radius 2 is 2.12 bits per heavy atom. The monoisotopic (exact) mass is 228 g/mol. The van der Waals surface area contributed by atoms with E-state index in [1.807, 2.05) is 0 Å². The largest absolute Gasteiger partial charge is 0.398 e. The molecule has 1 amide bonds. The smallest absolute Gasteiger partial charge is 0.255 e. The number of nitrogens with two attached hydrogens (primary N) is 1. The van der Waals surface area contributed by atoms with Crippen molar-refractivity contribution >= 4 is 11.6 Å². The highest BCUT2D eigenvalue weighted by Gasteiger charge is 2.17. The first kappa shape index (κ1) is 12.4. The standard InChI is InChI=1S/C11H14F2N2O/c1-7-8(4-3-5-9(7)14)11(16)15(2)6-10(12)13/h3-5,10H,6,14H2,1-2H3. The van der Waals surface area contributed by atoms with E-state index in [0.717, 1.165) is 4.90 Å². The van der Waals surface area contributed by atoms with E-state index >= 15 is 0 Å². The van der Waals surface area contributed by atoms with E-state index in [4.69, 9.17) is 5.73 Å². The molecule has 0 spiro atoms. The van der Waals surface area contributed by atoms with E-state index in [9.17, 15) is 13.6 Å². The Kier molecular flexibility index (Phi) is 3.82. The van der Waals surface area contributed by atoms with Gasteiger partial charge in [0.15, 0.2) is 0 Å². The van der Waals surface area contributed by atoms with E-state index in [2.05, 4.69) is 0 Å². The molecule has 0 bridgehead atoms. The van der Waals surface area contributed by atoms with Gasteiger partial charge in [-0.2, -0.15) is 0 Å². The minimum Gasteiger partial charge on any atom is -0.398 e. The summed E-state index contributed by atoms with van der Waals surface area (Å²) in [6.07, 6.45) is -2.53. The van der Waals surface area contributed by atoms with Crippen molar-refractivity contribution in [1.29, 1.82) is 0 Å². The molecule has 0 heterocycles. The predicted octanol–water partition coefficient (Wildman–Crippen LogP) is 1.91. The first-order valence-corrected chi connectivity index (χ1v) is 4.82. The molecule has 0 aliphatic rings. The number of anilines is 1. The summed E-state index contributed by atoms with van der Waals surface area (Å²) in [6.45, 7) is 1.12. The van der Waals surface area contributed by atoms with E-state index < -0.39 is 18.9 Å². The molecule has 3 nitrogen and oxygen atoms in total. The summed E-state index contributed by atoms with van der Waals surface area (Å²) in [7, 11) is 1.34. The third-order valence-electron chi connectivity index (χ3n) is 2.36. The molecular formula is C11H14F2N2O. The lowest BCUT2D eigenvalue weighted by molar-refractivity contribution is 0.0619. The fourth-order valence-corrected chi connectivity index (χ4v) is 1.38. The van der Waals surface area contributed by atoms with Gasteiger partial charge in [0.2, 0.25) is 0 Å². The Bertz CT molecular complexity index is 394. The topological polar surface area (TPSA) is 46.3 Å². The van der Waals surface area contributed by atoms with Crippen LogP contribution < -0.4 is 5.73 Å². The molecule has 2 N–H and O–H groups in total. The third kappa shape index (κ3) is 2.68. The number of nitrogens with zero attached hydrogens (tertiary/aromatic N) is 1. The number of amides is 1. The lowest BCUT2D eigenvalue weighted by Gasteiger charge is -2.18. The summed E-state index contributed by atoms with van der Waals surface area (Å²) >= 11 is 0. The van der Waals surface area contributed by atoms with Gasteiger partial charge < -0.3 is 10.6 Å². The van der Waals surface area contributed by atoms with Crippen LogP contribution in [0, 0.1) is 6.92 Å². The van der Waals surface area contributed by atoms with E-state index in [-0.39, 0.29) is 0 Å². The zero-order chi connectivity index (χ0) is 12.3. The summed E-state index contributed by atoms with van der Waals surface area (Å²) in [5.41, 5.74) is 7.11. The maximum absolute atomic E-state index is 12.1. The van der Waals surface area contributed by atoms with Crippen molar-refractivity contribution in [2.24, 2.45) is 0 Å². The number of alkyl halides is 2. The number of rotatable bonds is 3. The van der Waals surface area contributed by atoms with Gasteiger partial charge in [-0.25, -0.2) is 8.78 Å². The van der Waals surface area contributed by atoms with Gasteiger partial charge in [0, 0.05) is 18.3 Å². The minimum absolute atomic E-state index is 0.364. The zero-order valence-corrected chi connectivity index (χ0v) is 9.21. The van der Waals surface area contributed by atoms with Gasteiger partial charge >= 0.3 is 0 Å². The maximum Gasteiger partial charge on any atom is 0.255 e. The molecule has 1 aromatic rings. The molecule has 5 heteroatoms. The van der Waals surface area contributed by atoms with Crippen LogP contribution in [0.25, 0.3) is 0 Å². The summed E-state index contributed by atoms with van der Waals surface area (Å²) in [5, 5.41) is 0. The number of hydrogen-bond acceptors (Lipinski definition) is 2. The van der Waals surface area contributed by atoms with Crippen LogP contribution in [0.4, 0.5) is 14.5 Å². The molecule has 1 aromatic carbocycles. The fraction of sp³-hybridized carbons (Fsp3) is 0.364. The molecule has 16 heavy (non-hydrogen) atoms. The second-order valence-corrected chi connectivity index (χ2v) is 3.60. The van der Waals surface area contributed by atoms with Crippen molar-refractivity contribution in [2.75, 3.05) is 19.3 Å². The Balaban J connectivity index is 2.92. The van der Waals surface area contributed by atoms with Crippen LogP contribution in [-0.2, 0) is 0 Å². The van der Waals surface area contributed by atoms with Crippen molar-refractivity contribution in [3.05, 3.63) is 29.3 Å². The number of nitrogen functional groups attached to an aromatic ring is 1. The molecule has 0 fully saturated rings. The van der Waals surface area contributed by atoms with Crippen molar-refractivity contribution in [2.45, 2.75) is 13.3 Å². The lowest BCUT2D eigenvalue weighted by atomic mass is 10.1.